The van der Waals surface area contributed by atoms with Gasteiger partial charge in [-0.2, -0.15) is 0 Å². The summed E-state index contributed by atoms with van der Waals surface area (Å²) < 4.78 is 0. The highest BCUT2D eigenvalue weighted by Gasteiger charge is 2.05. The number of anilines is 2. The third-order valence-electron chi connectivity index (χ3n) is 3.41. The van der Waals surface area contributed by atoms with E-state index in [-0.39, 0.29) is 5.91 Å². The molecule has 2 N–H and O–H groups in total. The highest BCUT2D eigenvalue weighted by molar-refractivity contribution is 7.19. The number of rotatable bonds is 7. The smallest absolute Gasteiger partial charge is 0.250 e. The second-order valence-corrected chi connectivity index (χ2v) is 6.29. The Kier molecular flexibility index (Phi) is 5.90. The van der Waals surface area contributed by atoms with E-state index in [1.54, 1.807) is 6.08 Å². The van der Waals surface area contributed by atoms with Crippen LogP contribution in [0.5, 0.6) is 0 Å². The number of hydrogen-bond donors (Lipinski definition) is 2. The predicted molar refractivity (Wildman–Crippen MR) is 103 cm³/mol. The third kappa shape index (κ3) is 5.54. The van der Waals surface area contributed by atoms with E-state index in [1.807, 2.05) is 48.5 Å². The monoisotopic (exact) mass is 350 g/mol. The first-order valence-corrected chi connectivity index (χ1v) is 8.77. The maximum atomic E-state index is 11.9. The lowest BCUT2D eigenvalue weighted by atomic mass is 10.2. The van der Waals surface area contributed by atoms with Gasteiger partial charge in [0.1, 0.15) is 0 Å². The molecule has 0 bridgehead atoms. The minimum atomic E-state index is -0.226. The van der Waals surface area contributed by atoms with Crippen LogP contribution in [0.4, 0.5) is 10.3 Å². The first-order valence-electron chi connectivity index (χ1n) is 7.95. The van der Waals surface area contributed by atoms with Crippen molar-refractivity contribution >= 4 is 33.6 Å². The Hall–Kier alpha value is -2.99. The number of amides is 1. The van der Waals surface area contributed by atoms with Gasteiger partial charge in [-0.25, -0.2) is 0 Å². The van der Waals surface area contributed by atoms with Crippen molar-refractivity contribution in [1.82, 2.24) is 10.2 Å². The fourth-order valence-electron chi connectivity index (χ4n) is 2.19. The molecule has 0 radical (unpaired) electrons. The normalized spacial score (nSPS) is 10.7. The van der Waals surface area contributed by atoms with Gasteiger partial charge >= 0.3 is 0 Å². The van der Waals surface area contributed by atoms with Crippen LogP contribution in [0.3, 0.4) is 0 Å². The summed E-state index contributed by atoms with van der Waals surface area (Å²) in [5.41, 5.74) is 2.23. The van der Waals surface area contributed by atoms with Crippen LogP contribution in [0.15, 0.2) is 66.7 Å². The lowest BCUT2D eigenvalue weighted by molar-refractivity contribution is -0.111. The van der Waals surface area contributed by atoms with Gasteiger partial charge < -0.3 is 5.32 Å². The molecule has 1 aromatic heterocycles. The quantitative estimate of drug-likeness (QED) is 0.635. The fourth-order valence-corrected chi connectivity index (χ4v) is 2.86. The molecule has 0 saturated carbocycles. The average Bonchev–Trinajstić information content (AvgIpc) is 3.09. The molecule has 0 aliphatic heterocycles. The molecule has 3 aromatic rings. The van der Waals surface area contributed by atoms with Crippen LogP contribution in [0, 0.1) is 0 Å². The predicted octanol–water partition coefficient (Wildman–Crippen LogP) is 3.84. The number of nitrogens with zero attached hydrogens (tertiary/aromatic N) is 2. The largest absolute Gasteiger partial charge is 0.360 e. The minimum Gasteiger partial charge on any atom is -0.360 e. The summed E-state index contributed by atoms with van der Waals surface area (Å²) in [7, 11) is 0. The van der Waals surface area contributed by atoms with Gasteiger partial charge in [-0.1, -0.05) is 72.0 Å². The Bertz CT molecular complexity index is 831. The van der Waals surface area contributed by atoms with E-state index in [2.05, 4.69) is 33.0 Å². The first-order chi connectivity index (χ1) is 12.3. The standard InChI is InChI=1S/C19H18N4OS/c24-17(12-11-15-7-3-1-4-8-15)21-19-23-22-18(25-19)20-14-13-16-9-5-2-6-10-16/h1-12H,13-14H2,(H,20,22)(H,21,23,24)/b12-11+. The van der Waals surface area contributed by atoms with Crippen molar-refractivity contribution in [2.45, 2.75) is 6.42 Å². The van der Waals surface area contributed by atoms with Gasteiger partial charge in [0, 0.05) is 12.6 Å². The lowest BCUT2D eigenvalue weighted by Gasteiger charge is -2.01. The molecule has 0 saturated heterocycles. The summed E-state index contributed by atoms with van der Waals surface area (Å²) in [5, 5.41) is 15.1. The molecule has 126 valence electrons. The molecule has 0 aliphatic carbocycles. The van der Waals surface area contributed by atoms with Gasteiger partial charge in [-0.15, -0.1) is 10.2 Å². The molecule has 1 heterocycles. The summed E-state index contributed by atoms with van der Waals surface area (Å²) >= 11 is 1.32. The highest BCUT2D eigenvalue weighted by Crippen LogP contribution is 2.19. The molecule has 1 amide bonds. The zero-order chi connectivity index (χ0) is 17.3. The van der Waals surface area contributed by atoms with E-state index >= 15 is 0 Å². The van der Waals surface area contributed by atoms with Crippen molar-refractivity contribution in [3.8, 4) is 0 Å². The van der Waals surface area contributed by atoms with Crippen LogP contribution < -0.4 is 10.6 Å². The van der Waals surface area contributed by atoms with E-state index in [0.29, 0.717) is 10.3 Å². The third-order valence-corrected chi connectivity index (χ3v) is 4.21. The molecule has 0 atom stereocenters. The molecule has 5 nitrogen and oxygen atoms in total. The summed E-state index contributed by atoms with van der Waals surface area (Å²) in [4.78, 5) is 11.9. The molecule has 0 fully saturated rings. The van der Waals surface area contributed by atoms with Crippen LogP contribution in [0.25, 0.3) is 6.08 Å². The number of carbonyl (C=O) groups is 1. The lowest BCUT2D eigenvalue weighted by Crippen LogP contribution is -2.07. The van der Waals surface area contributed by atoms with Gasteiger partial charge in [0.2, 0.25) is 16.2 Å². The van der Waals surface area contributed by atoms with E-state index in [4.69, 9.17) is 0 Å². The van der Waals surface area contributed by atoms with Crippen LogP contribution in [0.2, 0.25) is 0 Å². The Morgan fingerprint density at radius 1 is 0.960 bits per heavy atom. The molecular weight excluding hydrogens is 332 g/mol. The van der Waals surface area contributed by atoms with E-state index < -0.39 is 0 Å². The number of carbonyl (C=O) groups excluding carboxylic acids is 1. The summed E-state index contributed by atoms with van der Waals surface area (Å²) in [6.45, 7) is 0.764. The maximum Gasteiger partial charge on any atom is 0.250 e. The number of aromatic nitrogens is 2. The first kappa shape index (κ1) is 16.9. The van der Waals surface area contributed by atoms with Crippen molar-refractivity contribution < 1.29 is 4.79 Å². The fraction of sp³-hybridized carbons (Fsp3) is 0.105. The van der Waals surface area contributed by atoms with Crippen molar-refractivity contribution in [3.63, 3.8) is 0 Å². The number of nitrogens with one attached hydrogen (secondary N) is 2. The van der Waals surface area contributed by atoms with Crippen LogP contribution in [0.1, 0.15) is 11.1 Å². The summed E-state index contributed by atoms with van der Waals surface area (Å²) in [5.74, 6) is -0.226. The molecule has 6 heteroatoms. The zero-order valence-corrected chi connectivity index (χ0v) is 14.4. The van der Waals surface area contributed by atoms with Gasteiger partial charge in [-0.3, -0.25) is 10.1 Å². The molecule has 2 aromatic carbocycles. The van der Waals surface area contributed by atoms with E-state index in [0.717, 1.165) is 18.5 Å². The number of hydrogen-bond acceptors (Lipinski definition) is 5. The second kappa shape index (κ2) is 8.75. The SMILES string of the molecule is O=C(/C=C/c1ccccc1)Nc1nnc(NCCc2ccccc2)s1. The number of benzene rings is 2. The Balaban J connectivity index is 1.46. The molecule has 0 unspecified atom stereocenters. The topological polar surface area (TPSA) is 66.9 Å². The summed E-state index contributed by atoms with van der Waals surface area (Å²) in [6, 6.07) is 19.9. The van der Waals surface area contributed by atoms with Crippen LogP contribution in [-0.4, -0.2) is 22.6 Å². The maximum absolute atomic E-state index is 11.9. The Labute approximate surface area is 150 Å². The molecule has 25 heavy (non-hydrogen) atoms. The minimum absolute atomic E-state index is 0.226. The van der Waals surface area contributed by atoms with Gasteiger partial charge in [0.15, 0.2) is 0 Å². The second-order valence-electron chi connectivity index (χ2n) is 5.31. The Morgan fingerprint density at radius 2 is 1.64 bits per heavy atom. The van der Waals surface area contributed by atoms with Crippen LogP contribution >= 0.6 is 11.3 Å². The van der Waals surface area contributed by atoms with Crippen LogP contribution in [-0.2, 0) is 11.2 Å². The van der Waals surface area contributed by atoms with Crippen molar-refractivity contribution in [1.29, 1.82) is 0 Å². The van der Waals surface area contributed by atoms with Crippen molar-refractivity contribution in [2.75, 3.05) is 17.2 Å². The molecule has 0 spiro atoms. The average molecular weight is 350 g/mol. The van der Waals surface area contributed by atoms with E-state index in [9.17, 15) is 4.79 Å². The van der Waals surface area contributed by atoms with Gasteiger partial charge in [0.05, 0.1) is 0 Å². The Morgan fingerprint density at radius 3 is 2.40 bits per heavy atom. The van der Waals surface area contributed by atoms with Gasteiger partial charge in [0.25, 0.3) is 0 Å². The highest BCUT2D eigenvalue weighted by atomic mass is 32.1. The van der Waals surface area contributed by atoms with Gasteiger partial charge in [-0.05, 0) is 23.6 Å². The van der Waals surface area contributed by atoms with Crippen molar-refractivity contribution in [2.24, 2.45) is 0 Å². The van der Waals surface area contributed by atoms with Crippen molar-refractivity contribution in [3.05, 3.63) is 77.9 Å². The molecule has 0 aliphatic rings. The molecule has 3 rings (SSSR count). The molecular formula is C19H18N4OS. The zero-order valence-electron chi connectivity index (χ0n) is 13.6. The van der Waals surface area contributed by atoms with E-state index in [1.165, 1.54) is 23.0 Å². The summed E-state index contributed by atoms with van der Waals surface area (Å²) in [6.07, 6.45) is 4.15.